The minimum atomic E-state index is -3.40. The van der Waals surface area contributed by atoms with Crippen LogP contribution in [0.5, 0.6) is 0 Å². The van der Waals surface area contributed by atoms with Gasteiger partial charge >= 0.3 is 0 Å². The quantitative estimate of drug-likeness (QED) is 0.841. The molecular formula is C16H25N3O3S. The fourth-order valence-corrected chi connectivity index (χ4v) is 3.48. The number of likely N-dealkylation sites (tertiary alicyclic amines) is 1. The van der Waals surface area contributed by atoms with E-state index in [-0.39, 0.29) is 11.9 Å². The largest absolute Gasteiger partial charge is 0.343 e. The van der Waals surface area contributed by atoms with Gasteiger partial charge < -0.3 is 4.90 Å². The van der Waals surface area contributed by atoms with Gasteiger partial charge in [-0.25, -0.2) is 0 Å². The molecule has 23 heavy (non-hydrogen) atoms. The minimum absolute atomic E-state index is 0.0967. The summed E-state index contributed by atoms with van der Waals surface area (Å²) < 4.78 is 27.5. The molecule has 0 spiro atoms. The number of rotatable bonds is 6. The van der Waals surface area contributed by atoms with Crippen molar-refractivity contribution < 1.29 is 13.2 Å². The normalized spacial score (nSPS) is 16.7. The minimum Gasteiger partial charge on any atom is -0.343 e. The summed E-state index contributed by atoms with van der Waals surface area (Å²) in [4.78, 5) is 14.1. The number of benzene rings is 1. The van der Waals surface area contributed by atoms with Crippen molar-refractivity contribution in [2.24, 2.45) is 0 Å². The molecule has 1 aromatic carbocycles. The van der Waals surface area contributed by atoms with Gasteiger partial charge in [-0.05, 0) is 24.8 Å². The Morgan fingerprint density at radius 1 is 1.22 bits per heavy atom. The third kappa shape index (κ3) is 5.30. The first-order valence-corrected chi connectivity index (χ1v) is 9.34. The lowest BCUT2D eigenvalue weighted by Crippen LogP contribution is -2.49. The highest BCUT2D eigenvalue weighted by Crippen LogP contribution is 2.14. The van der Waals surface area contributed by atoms with Crippen molar-refractivity contribution in [2.75, 3.05) is 27.2 Å². The monoisotopic (exact) mass is 339 g/mol. The first-order chi connectivity index (χ1) is 10.9. The van der Waals surface area contributed by atoms with Gasteiger partial charge in [0.15, 0.2) is 0 Å². The van der Waals surface area contributed by atoms with Gasteiger partial charge in [-0.2, -0.15) is 17.4 Å². The van der Waals surface area contributed by atoms with Crippen molar-refractivity contribution in [3.8, 4) is 0 Å². The molecule has 1 amide bonds. The zero-order valence-corrected chi connectivity index (χ0v) is 14.6. The van der Waals surface area contributed by atoms with Crippen LogP contribution >= 0.6 is 0 Å². The Labute approximate surface area is 138 Å². The fraction of sp³-hybridized carbons (Fsp3) is 0.562. The van der Waals surface area contributed by atoms with Crippen LogP contribution in [-0.2, 0) is 21.4 Å². The number of hydrogen-bond donors (Lipinski definition) is 1. The summed E-state index contributed by atoms with van der Waals surface area (Å²) in [7, 11) is -0.393. The molecule has 2 rings (SSSR count). The average molecular weight is 339 g/mol. The number of nitrogens with zero attached hydrogens (tertiary/aromatic N) is 2. The Kier molecular flexibility index (Phi) is 6.15. The maximum atomic E-state index is 12.3. The second-order valence-corrected chi connectivity index (χ2v) is 7.96. The van der Waals surface area contributed by atoms with Crippen molar-refractivity contribution in [1.29, 1.82) is 0 Å². The van der Waals surface area contributed by atoms with Crippen LogP contribution in [0.4, 0.5) is 0 Å². The lowest BCUT2D eigenvalue weighted by atomic mass is 10.0. The van der Waals surface area contributed by atoms with Gasteiger partial charge in [0.1, 0.15) is 0 Å². The second kappa shape index (κ2) is 7.90. The van der Waals surface area contributed by atoms with Gasteiger partial charge in [0.05, 0.1) is 0 Å². The number of nitrogens with one attached hydrogen (secondary N) is 1. The predicted octanol–water partition coefficient (Wildman–Crippen LogP) is 1.01. The summed E-state index contributed by atoms with van der Waals surface area (Å²) >= 11 is 0. The van der Waals surface area contributed by atoms with E-state index in [1.54, 1.807) is 0 Å². The van der Waals surface area contributed by atoms with Crippen molar-refractivity contribution in [2.45, 2.75) is 31.7 Å². The molecule has 0 unspecified atom stereocenters. The van der Waals surface area contributed by atoms with Crippen LogP contribution in [0.3, 0.4) is 0 Å². The van der Waals surface area contributed by atoms with E-state index in [0.717, 1.165) is 12.0 Å². The van der Waals surface area contributed by atoms with Crippen LogP contribution in [0.2, 0.25) is 0 Å². The van der Waals surface area contributed by atoms with Gasteiger partial charge in [-0.15, -0.1) is 0 Å². The lowest BCUT2D eigenvalue weighted by Gasteiger charge is -2.32. The molecule has 6 nitrogen and oxygen atoms in total. The average Bonchev–Trinajstić information content (AvgIpc) is 2.54. The molecule has 1 aromatic rings. The molecular weight excluding hydrogens is 314 g/mol. The van der Waals surface area contributed by atoms with Crippen molar-refractivity contribution in [1.82, 2.24) is 13.9 Å². The maximum Gasteiger partial charge on any atom is 0.279 e. The molecule has 1 saturated heterocycles. The van der Waals surface area contributed by atoms with Crippen LogP contribution in [0.1, 0.15) is 24.8 Å². The third-order valence-electron chi connectivity index (χ3n) is 4.11. The molecule has 1 heterocycles. The van der Waals surface area contributed by atoms with Crippen molar-refractivity contribution >= 4 is 16.1 Å². The standard InChI is InChI=1S/C16H25N3O3S/c1-18(2)23(21,22)17-15-10-12-19(13-11-15)16(20)9-8-14-6-4-3-5-7-14/h3-7,15,17H,8-13H2,1-2H3. The van der Waals surface area contributed by atoms with E-state index in [1.165, 1.54) is 18.4 Å². The number of amides is 1. The summed E-state index contributed by atoms with van der Waals surface area (Å²) in [6.45, 7) is 1.21. The number of carbonyl (C=O) groups is 1. The SMILES string of the molecule is CN(C)S(=O)(=O)NC1CCN(C(=O)CCc2ccccc2)CC1. The highest BCUT2D eigenvalue weighted by atomic mass is 32.2. The van der Waals surface area contributed by atoms with E-state index in [9.17, 15) is 13.2 Å². The molecule has 7 heteroatoms. The van der Waals surface area contributed by atoms with Gasteiger partial charge in [-0.3, -0.25) is 4.79 Å². The molecule has 0 atom stereocenters. The van der Waals surface area contributed by atoms with Gasteiger partial charge in [0.2, 0.25) is 5.91 Å². The molecule has 128 valence electrons. The molecule has 0 radical (unpaired) electrons. The third-order valence-corrected chi connectivity index (χ3v) is 5.71. The van der Waals surface area contributed by atoms with Crippen molar-refractivity contribution in [3.05, 3.63) is 35.9 Å². The molecule has 0 saturated carbocycles. The molecule has 1 fully saturated rings. The van der Waals surface area contributed by atoms with Crippen LogP contribution in [-0.4, -0.2) is 56.8 Å². The second-order valence-electron chi connectivity index (χ2n) is 6.05. The molecule has 0 bridgehead atoms. The van der Waals surface area contributed by atoms with E-state index < -0.39 is 10.2 Å². The molecule has 0 aromatic heterocycles. The molecule has 1 aliphatic rings. The van der Waals surface area contributed by atoms with E-state index >= 15 is 0 Å². The fourth-order valence-electron chi connectivity index (χ4n) is 2.62. The number of piperidine rings is 1. The number of aryl methyl sites for hydroxylation is 1. The van der Waals surface area contributed by atoms with E-state index in [2.05, 4.69) is 4.72 Å². The number of hydrogen-bond acceptors (Lipinski definition) is 3. The Morgan fingerprint density at radius 2 is 1.83 bits per heavy atom. The first kappa shape index (κ1) is 17.9. The zero-order chi connectivity index (χ0) is 16.9. The van der Waals surface area contributed by atoms with Crippen LogP contribution in [0, 0.1) is 0 Å². The van der Waals surface area contributed by atoms with Gasteiger partial charge in [-0.1, -0.05) is 30.3 Å². The Bertz CT molecular complexity index is 609. The van der Waals surface area contributed by atoms with Crippen molar-refractivity contribution in [3.63, 3.8) is 0 Å². The summed E-state index contributed by atoms with van der Waals surface area (Å²) in [5, 5.41) is 0. The molecule has 1 aliphatic heterocycles. The smallest absolute Gasteiger partial charge is 0.279 e. The summed E-state index contributed by atoms with van der Waals surface area (Å²) in [5.41, 5.74) is 1.16. The Balaban J connectivity index is 1.76. The van der Waals surface area contributed by atoms with Gasteiger partial charge in [0, 0.05) is 39.6 Å². The van der Waals surface area contributed by atoms with Crippen LogP contribution in [0.15, 0.2) is 30.3 Å². The highest BCUT2D eigenvalue weighted by molar-refractivity contribution is 7.87. The van der Waals surface area contributed by atoms with E-state index in [4.69, 9.17) is 0 Å². The van der Waals surface area contributed by atoms with Gasteiger partial charge in [0.25, 0.3) is 10.2 Å². The van der Waals surface area contributed by atoms with Crippen LogP contribution < -0.4 is 4.72 Å². The maximum absolute atomic E-state index is 12.3. The first-order valence-electron chi connectivity index (χ1n) is 7.90. The van der Waals surface area contributed by atoms with Crippen LogP contribution in [0.25, 0.3) is 0 Å². The predicted molar refractivity (Wildman–Crippen MR) is 90.1 cm³/mol. The summed E-state index contributed by atoms with van der Waals surface area (Å²) in [6.07, 6.45) is 2.55. The topological polar surface area (TPSA) is 69.7 Å². The molecule has 1 N–H and O–H groups in total. The number of carbonyl (C=O) groups excluding carboxylic acids is 1. The Morgan fingerprint density at radius 3 is 2.39 bits per heavy atom. The summed E-state index contributed by atoms with van der Waals surface area (Å²) in [6, 6.07) is 9.86. The summed E-state index contributed by atoms with van der Waals surface area (Å²) in [5.74, 6) is 0.141. The Hall–Kier alpha value is -1.44. The highest BCUT2D eigenvalue weighted by Gasteiger charge is 2.26. The lowest BCUT2D eigenvalue weighted by molar-refractivity contribution is -0.132. The zero-order valence-electron chi connectivity index (χ0n) is 13.7. The van der Waals surface area contributed by atoms with E-state index in [0.29, 0.717) is 32.4 Å². The van der Waals surface area contributed by atoms with E-state index in [1.807, 2.05) is 35.2 Å². The molecule has 0 aliphatic carbocycles.